The summed E-state index contributed by atoms with van der Waals surface area (Å²) in [5.41, 5.74) is -1.26. The molecule has 0 aliphatic carbocycles. The number of carbonyl (C=O) groups excluding carboxylic acids is 3. The van der Waals surface area contributed by atoms with E-state index in [4.69, 9.17) is 16.3 Å². The predicted octanol–water partition coefficient (Wildman–Crippen LogP) is 4.61. The van der Waals surface area contributed by atoms with Crippen LogP contribution in [0.5, 0.6) is 0 Å². The topological polar surface area (TPSA) is 90.4 Å². The van der Waals surface area contributed by atoms with E-state index >= 15 is 0 Å². The van der Waals surface area contributed by atoms with Crippen molar-refractivity contribution >= 4 is 40.7 Å². The Morgan fingerprint density at radius 1 is 0.907 bits per heavy atom. The lowest BCUT2D eigenvalue weighted by Crippen LogP contribution is -2.59. The van der Waals surface area contributed by atoms with Crippen molar-refractivity contribution in [3.05, 3.63) is 83.9 Å². The van der Waals surface area contributed by atoms with Gasteiger partial charge in [0.05, 0.1) is 40.8 Å². The van der Waals surface area contributed by atoms with E-state index in [9.17, 15) is 19.5 Å². The van der Waals surface area contributed by atoms with E-state index < -0.39 is 35.1 Å². The summed E-state index contributed by atoms with van der Waals surface area (Å²) >= 11 is 6.58. The summed E-state index contributed by atoms with van der Waals surface area (Å²) in [5.74, 6) is -2.61. The van der Waals surface area contributed by atoms with E-state index in [1.54, 1.807) is 28.0 Å². The Hall–Kier alpha value is -3.46. The first-order chi connectivity index (χ1) is 20.7. The summed E-state index contributed by atoms with van der Waals surface area (Å²) in [7, 11) is 0. The molecule has 6 atom stereocenters. The minimum absolute atomic E-state index is 0.143. The molecule has 0 bridgehead atoms. The van der Waals surface area contributed by atoms with Gasteiger partial charge in [0.15, 0.2) is 0 Å². The molecule has 1 N–H and O–H groups in total. The summed E-state index contributed by atoms with van der Waals surface area (Å²) in [6.45, 7) is 6.22. The van der Waals surface area contributed by atoms with Crippen LogP contribution in [-0.4, -0.2) is 70.7 Å². The molecule has 43 heavy (non-hydrogen) atoms. The molecular formula is C34H38ClN3O5. The zero-order valence-corrected chi connectivity index (χ0v) is 25.5. The van der Waals surface area contributed by atoms with E-state index in [-0.39, 0.29) is 36.8 Å². The van der Waals surface area contributed by atoms with Gasteiger partial charge in [0, 0.05) is 18.8 Å². The van der Waals surface area contributed by atoms with Gasteiger partial charge in [0.2, 0.25) is 11.8 Å². The predicted molar refractivity (Wildman–Crippen MR) is 166 cm³/mol. The van der Waals surface area contributed by atoms with Crippen LogP contribution in [0.3, 0.4) is 0 Å². The molecule has 2 fully saturated rings. The van der Waals surface area contributed by atoms with Crippen molar-refractivity contribution in [2.24, 2.45) is 17.8 Å². The second-order valence-corrected chi connectivity index (χ2v) is 12.7. The fourth-order valence-electron chi connectivity index (χ4n) is 7.64. The molecule has 9 heteroatoms. The average Bonchev–Trinajstić information content (AvgIpc) is 3.30. The van der Waals surface area contributed by atoms with Gasteiger partial charge < -0.3 is 24.5 Å². The number of anilines is 2. The summed E-state index contributed by atoms with van der Waals surface area (Å²) in [6, 6.07) is 14.8. The van der Waals surface area contributed by atoms with Gasteiger partial charge in [0.25, 0.3) is 5.91 Å². The molecule has 226 valence electrons. The number of rotatable bonds is 7. The number of para-hydroxylation sites is 2. The van der Waals surface area contributed by atoms with Crippen LogP contribution in [0.4, 0.5) is 11.4 Å². The molecule has 8 nitrogen and oxygen atoms in total. The van der Waals surface area contributed by atoms with Gasteiger partial charge in [0.1, 0.15) is 11.6 Å². The number of aliphatic hydroxyl groups excluding tert-OH is 1. The molecule has 4 aliphatic rings. The molecule has 1 unspecified atom stereocenters. The molecule has 3 amide bonds. The second kappa shape index (κ2) is 11.2. The first-order valence-corrected chi connectivity index (χ1v) is 15.5. The van der Waals surface area contributed by atoms with Gasteiger partial charge in [-0.3, -0.25) is 14.4 Å². The highest BCUT2D eigenvalue weighted by Crippen LogP contribution is 2.59. The van der Waals surface area contributed by atoms with Crippen molar-refractivity contribution in [3.8, 4) is 0 Å². The summed E-state index contributed by atoms with van der Waals surface area (Å²) < 4.78 is 7.07. The number of carbonyl (C=O) groups is 3. The van der Waals surface area contributed by atoms with E-state index in [2.05, 4.69) is 0 Å². The maximum Gasteiger partial charge on any atom is 0.253 e. The van der Waals surface area contributed by atoms with Gasteiger partial charge in [-0.25, -0.2) is 0 Å². The van der Waals surface area contributed by atoms with Crippen LogP contribution in [0.1, 0.15) is 33.6 Å². The van der Waals surface area contributed by atoms with Crippen LogP contribution in [0.2, 0.25) is 5.02 Å². The van der Waals surface area contributed by atoms with Crippen LogP contribution in [0.25, 0.3) is 0 Å². The van der Waals surface area contributed by atoms with Gasteiger partial charge in [-0.15, -0.1) is 0 Å². The molecule has 6 rings (SSSR count). The van der Waals surface area contributed by atoms with E-state index in [0.717, 1.165) is 5.69 Å². The number of hydrogen-bond acceptors (Lipinski definition) is 5. The summed E-state index contributed by atoms with van der Waals surface area (Å²) in [4.78, 5) is 49.0. The zero-order chi connectivity index (χ0) is 30.5. The third-order valence-electron chi connectivity index (χ3n) is 9.44. The smallest absolute Gasteiger partial charge is 0.253 e. The van der Waals surface area contributed by atoms with Gasteiger partial charge in [-0.1, -0.05) is 87.0 Å². The molecule has 4 aliphatic heterocycles. The molecule has 0 saturated carbocycles. The SMILES string of the molecule is CC[C@@]12C=CCN(c3ccccc3)C(=O)[C@@H]1[C@H]1C(=O)N([C@@H](CO)CC(C)C)C3C(=O)N(c4ccccc4Cl)CC=C[C@@]31O2. The largest absolute Gasteiger partial charge is 0.394 e. The Morgan fingerprint density at radius 2 is 1.58 bits per heavy atom. The van der Waals surface area contributed by atoms with Crippen LogP contribution < -0.4 is 9.80 Å². The Bertz CT molecular complexity index is 1480. The Balaban J connectivity index is 1.53. The fraction of sp³-hybridized carbons (Fsp3) is 0.441. The summed E-state index contributed by atoms with van der Waals surface area (Å²) in [5, 5.41) is 11.0. The van der Waals surface area contributed by atoms with Crippen LogP contribution in [0, 0.1) is 17.8 Å². The van der Waals surface area contributed by atoms with Crippen molar-refractivity contribution in [1.82, 2.24) is 4.90 Å². The van der Waals surface area contributed by atoms with E-state index in [1.165, 1.54) is 4.90 Å². The van der Waals surface area contributed by atoms with Crippen molar-refractivity contribution in [3.63, 3.8) is 0 Å². The molecule has 2 aromatic carbocycles. The van der Waals surface area contributed by atoms with Gasteiger partial charge in [-0.2, -0.15) is 0 Å². The van der Waals surface area contributed by atoms with Crippen LogP contribution in [0.15, 0.2) is 78.9 Å². The lowest BCUT2D eigenvalue weighted by atomic mass is 9.73. The van der Waals surface area contributed by atoms with E-state index in [1.807, 2.05) is 81.5 Å². The van der Waals surface area contributed by atoms with Gasteiger partial charge in [-0.05, 0) is 43.0 Å². The first-order valence-electron chi connectivity index (χ1n) is 15.1. The normalized spacial score (nSPS) is 30.8. The lowest BCUT2D eigenvalue weighted by molar-refractivity contribution is -0.149. The van der Waals surface area contributed by atoms with Crippen LogP contribution >= 0.6 is 11.6 Å². The molecule has 2 saturated heterocycles. The Labute approximate surface area is 257 Å². The van der Waals surface area contributed by atoms with Crippen LogP contribution in [-0.2, 0) is 19.1 Å². The number of fused-ring (bicyclic) bond motifs is 2. The van der Waals surface area contributed by atoms with Crippen molar-refractivity contribution in [2.75, 3.05) is 29.5 Å². The molecular weight excluding hydrogens is 566 g/mol. The fourth-order valence-corrected chi connectivity index (χ4v) is 7.88. The number of halogens is 1. The minimum Gasteiger partial charge on any atom is -0.394 e. The first kappa shape index (κ1) is 29.6. The highest BCUT2D eigenvalue weighted by molar-refractivity contribution is 6.34. The van der Waals surface area contributed by atoms with Crippen molar-refractivity contribution < 1.29 is 24.2 Å². The number of nitrogens with zero attached hydrogens (tertiary/aromatic N) is 3. The number of hydrogen-bond donors (Lipinski definition) is 1. The van der Waals surface area contributed by atoms with Gasteiger partial charge >= 0.3 is 0 Å². The third kappa shape index (κ3) is 4.53. The lowest BCUT2D eigenvalue weighted by Gasteiger charge is -2.41. The molecule has 0 radical (unpaired) electrons. The molecule has 1 spiro atoms. The van der Waals surface area contributed by atoms with Crippen molar-refractivity contribution in [2.45, 2.75) is 56.9 Å². The maximum absolute atomic E-state index is 14.8. The highest BCUT2D eigenvalue weighted by Gasteiger charge is 2.76. The Morgan fingerprint density at radius 3 is 2.26 bits per heavy atom. The number of amides is 3. The number of likely N-dealkylation sites (tertiary alicyclic amines) is 1. The molecule has 0 aromatic heterocycles. The second-order valence-electron chi connectivity index (χ2n) is 12.3. The standard InChI is InChI=1S/C34H38ClN3O5/c1-4-33-16-10-18-36(23-12-6-5-7-13-23)30(40)27(33)28-31(41)38(24(21-39)20-22(2)3)29-32(42)37(19-11-17-34(28,29)43-33)26-15-9-8-14-25(26)35/h5-17,22,24,27-29,39H,4,18-21H2,1-3H3/t24-,27+,28+,29?,33-,34+/m1/s1. The monoisotopic (exact) mass is 603 g/mol. The Kier molecular flexibility index (Phi) is 7.73. The highest BCUT2D eigenvalue weighted by atomic mass is 35.5. The third-order valence-corrected chi connectivity index (χ3v) is 9.76. The van der Waals surface area contributed by atoms with Crippen molar-refractivity contribution in [1.29, 1.82) is 0 Å². The zero-order valence-electron chi connectivity index (χ0n) is 24.7. The number of aliphatic hydroxyl groups is 1. The average molecular weight is 604 g/mol. The molecule has 2 aromatic rings. The molecule has 4 heterocycles. The maximum atomic E-state index is 14.8. The van der Waals surface area contributed by atoms with E-state index in [0.29, 0.717) is 30.1 Å². The number of benzene rings is 2. The summed E-state index contributed by atoms with van der Waals surface area (Å²) in [6.07, 6.45) is 8.45. The quantitative estimate of drug-likeness (QED) is 0.467. The number of ether oxygens (including phenoxy) is 1. The minimum atomic E-state index is -1.42.